The van der Waals surface area contributed by atoms with E-state index in [1.165, 1.54) is 25.2 Å². The standard InChI is InChI=1S/C7H11BO3/c1-3-4-5-7(6(2)9)8(10)11/h3-5,9-11H,1H2,2H3/b5-4-,7-6-. The van der Waals surface area contributed by atoms with E-state index in [0.29, 0.717) is 0 Å². The zero-order chi connectivity index (χ0) is 8.85. The molecule has 0 unspecified atom stereocenters. The number of hydrogen-bond acceptors (Lipinski definition) is 3. The van der Waals surface area contributed by atoms with Gasteiger partial charge in [-0.05, 0) is 6.92 Å². The van der Waals surface area contributed by atoms with Gasteiger partial charge in [-0.2, -0.15) is 0 Å². The molecule has 3 N–H and O–H groups in total. The average Bonchev–Trinajstić information content (AvgIpc) is 1.87. The van der Waals surface area contributed by atoms with Gasteiger partial charge in [0, 0.05) is 5.47 Å². The largest absolute Gasteiger partial charge is 0.513 e. The highest BCUT2D eigenvalue weighted by Crippen LogP contribution is 2.03. The minimum absolute atomic E-state index is 0.0740. The van der Waals surface area contributed by atoms with E-state index in [-0.39, 0.29) is 11.2 Å². The zero-order valence-electron chi connectivity index (χ0n) is 6.36. The first-order valence-corrected chi connectivity index (χ1v) is 3.14. The van der Waals surface area contributed by atoms with Crippen molar-refractivity contribution in [3.8, 4) is 0 Å². The summed E-state index contributed by atoms with van der Waals surface area (Å²) in [6.07, 6.45) is 4.37. The van der Waals surface area contributed by atoms with Crippen molar-refractivity contribution in [3.63, 3.8) is 0 Å². The lowest BCUT2D eigenvalue weighted by Gasteiger charge is -1.99. The van der Waals surface area contributed by atoms with E-state index in [4.69, 9.17) is 15.2 Å². The van der Waals surface area contributed by atoms with Crippen molar-refractivity contribution in [1.82, 2.24) is 0 Å². The lowest BCUT2D eigenvalue weighted by molar-refractivity contribution is 0.392. The van der Waals surface area contributed by atoms with Gasteiger partial charge < -0.3 is 15.2 Å². The molecule has 0 aromatic heterocycles. The lowest BCUT2D eigenvalue weighted by Crippen LogP contribution is -2.15. The molecule has 11 heavy (non-hydrogen) atoms. The highest BCUT2D eigenvalue weighted by Gasteiger charge is 2.14. The summed E-state index contributed by atoms with van der Waals surface area (Å²) in [5.41, 5.74) is 0.0740. The van der Waals surface area contributed by atoms with Crippen LogP contribution < -0.4 is 0 Å². The Bertz CT molecular complexity index is 190. The van der Waals surface area contributed by atoms with Crippen LogP contribution in [-0.4, -0.2) is 22.3 Å². The second-order valence-corrected chi connectivity index (χ2v) is 2.01. The number of allylic oxidation sites excluding steroid dienone is 5. The Morgan fingerprint density at radius 3 is 2.27 bits per heavy atom. The van der Waals surface area contributed by atoms with Crippen LogP contribution in [0.2, 0.25) is 0 Å². The fourth-order valence-corrected chi connectivity index (χ4v) is 0.565. The quantitative estimate of drug-likeness (QED) is 0.316. The SMILES string of the molecule is C=C/C=C\C(B(O)O)=C(/C)O. The van der Waals surface area contributed by atoms with Crippen LogP contribution in [0.5, 0.6) is 0 Å². The normalized spacial score (nSPS) is 13.0. The molecule has 0 saturated heterocycles. The van der Waals surface area contributed by atoms with Gasteiger partial charge in [0.15, 0.2) is 0 Å². The van der Waals surface area contributed by atoms with E-state index in [2.05, 4.69) is 6.58 Å². The summed E-state index contributed by atoms with van der Waals surface area (Å²) in [6.45, 7) is 4.77. The first-order valence-electron chi connectivity index (χ1n) is 3.14. The minimum Gasteiger partial charge on any atom is -0.513 e. The van der Waals surface area contributed by atoms with Crippen molar-refractivity contribution in [3.05, 3.63) is 36.0 Å². The number of aliphatic hydroxyl groups is 1. The predicted octanol–water partition coefficient (Wildman–Crippen LogP) is 0.573. The van der Waals surface area contributed by atoms with Crippen LogP contribution >= 0.6 is 0 Å². The van der Waals surface area contributed by atoms with Crippen LogP contribution in [0.25, 0.3) is 0 Å². The van der Waals surface area contributed by atoms with E-state index in [9.17, 15) is 0 Å². The Hall–Kier alpha value is -0.995. The Morgan fingerprint density at radius 1 is 1.45 bits per heavy atom. The molecule has 0 radical (unpaired) electrons. The molecule has 0 aliphatic carbocycles. The molecule has 4 heteroatoms. The first-order chi connectivity index (χ1) is 5.09. The van der Waals surface area contributed by atoms with E-state index < -0.39 is 7.12 Å². The Labute approximate surface area is 66.1 Å². The van der Waals surface area contributed by atoms with E-state index in [1.807, 2.05) is 0 Å². The van der Waals surface area contributed by atoms with Crippen molar-refractivity contribution < 1.29 is 15.2 Å². The summed E-state index contributed by atoms with van der Waals surface area (Å²) in [4.78, 5) is 0. The van der Waals surface area contributed by atoms with Gasteiger partial charge in [0.25, 0.3) is 0 Å². The Balaban J connectivity index is 4.50. The van der Waals surface area contributed by atoms with Crippen LogP contribution in [0, 0.1) is 0 Å². The molecule has 60 valence electrons. The number of aliphatic hydroxyl groups excluding tert-OH is 1. The zero-order valence-corrected chi connectivity index (χ0v) is 6.36. The molecule has 0 fully saturated rings. The molecule has 0 aromatic carbocycles. The van der Waals surface area contributed by atoms with Crippen LogP contribution in [0.3, 0.4) is 0 Å². The molecule has 0 aromatic rings. The Morgan fingerprint density at radius 2 is 2.00 bits per heavy atom. The first kappa shape index (κ1) is 10.0. The van der Waals surface area contributed by atoms with Gasteiger partial charge >= 0.3 is 7.12 Å². The van der Waals surface area contributed by atoms with Gasteiger partial charge in [-0.1, -0.05) is 24.8 Å². The topological polar surface area (TPSA) is 60.7 Å². The highest BCUT2D eigenvalue weighted by molar-refractivity contribution is 6.51. The second-order valence-electron chi connectivity index (χ2n) is 2.01. The maximum absolute atomic E-state index is 8.88. The van der Waals surface area contributed by atoms with Gasteiger partial charge in [-0.25, -0.2) is 0 Å². The second kappa shape index (κ2) is 4.76. The molecule has 0 amide bonds. The third kappa shape index (κ3) is 3.65. The van der Waals surface area contributed by atoms with Crippen molar-refractivity contribution in [2.45, 2.75) is 6.92 Å². The predicted molar refractivity (Wildman–Crippen MR) is 44.9 cm³/mol. The molecule has 0 atom stereocenters. The van der Waals surface area contributed by atoms with Crippen LogP contribution in [0.15, 0.2) is 36.0 Å². The molecule has 0 aliphatic rings. The molecule has 0 heterocycles. The minimum atomic E-state index is -1.64. The lowest BCUT2D eigenvalue weighted by atomic mass is 9.78. The number of hydrogen-bond donors (Lipinski definition) is 3. The smallest absolute Gasteiger partial charge is 0.491 e. The summed E-state index contributed by atoms with van der Waals surface area (Å²) >= 11 is 0. The monoisotopic (exact) mass is 154 g/mol. The Kier molecular flexibility index (Phi) is 4.33. The van der Waals surface area contributed by atoms with Gasteiger partial charge in [0.05, 0.1) is 5.76 Å². The fraction of sp³-hybridized carbons (Fsp3) is 0.143. The van der Waals surface area contributed by atoms with Crippen molar-refractivity contribution in [2.75, 3.05) is 0 Å². The van der Waals surface area contributed by atoms with Crippen LogP contribution in [0.1, 0.15) is 6.92 Å². The summed E-state index contributed by atoms with van der Waals surface area (Å²) in [5, 5.41) is 26.2. The maximum atomic E-state index is 8.88. The summed E-state index contributed by atoms with van der Waals surface area (Å²) in [7, 11) is -1.64. The van der Waals surface area contributed by atoms with Gasteiger partial charge in [-0.3, -0.25) is 0 Å². The van der Waals surface area contributed by atoms with Crippen molar-refractivity contribution >= 4 is 7.12 Å². The summed E-state index contributed by atoms with van der Waals surface area (Å²) < 4.78 is 0. The molecule has 0 saturated carbocycles. The van der Waals surface area contributed by atoms with Crippen LogP contribution in [-0.2, 0) is 0 Å². The van der Waals surface area contributed by atoms with Crippen molar-refractivity contribution in [1.29, 1.82) is 0 Å². The van der Waals surface area contributed by atoms with Gasteiger partial charge in [0.1, 0.15) is 0 Å². The van der Waals surface area contributed by atoms with Gasteiger partial charge in [0.2, 0.25) is 0 Å². The van der Waals surface area contributed by atoms with Crippen LogP contribution in [0.4, 0.5) is 0 Å². The molecular weight excluding hydrogens is 143 g/mol. The fourth-order valence-electron chi connectivity index (χ4n) is 0.565. The van der Waals surface area contributed by atoms with Crippen molar-refractivity contribution in [2.24, 2.45) is 0 Å². The molecule has 3 nitrogen and oxygen atoms in total. The molecule has 0 rings (SSSR count). The average molecular weight is 154 g/mol. The highest BCUT2D eigenvalue weighted by atomic mass is 16.4. The molecule has 0 bridgehead atoms. The third-order valence-electron chi connectivity index (χ3n) is 1.11. The van der Waals surface area contributed by atoms with E-state index in [0.717, 1.165) is 0 Å². The van der Waals surface area contributed by atoms with Gasteiger partial charge in [-0.15, -0.1) is 0 Å². The van der Waals surface area contributed by atoms with E-state index in [1.54, 1.807) is 0 Å². The third-order valence-corrected chi connectivity index (χ3v) is 1.11. The number of rotatable bonds is 3. The van der Waals surface area contributed by atoms with E-state index >= 15 is 0 Å². The molecular formula is C7H11BO3. The molecule has 0 spiro atoms. The summed E-state index contributed by atoms with van der Waals surface area (Å²) in [6, 6.07) is 0. The molecule has 0 aliphatic heterocycles. The maximum Gasteiger partial charge on any atom is 0.491 e. The summed E-state index contributed by atoms with van der Waals surface area (Å²) in [5.74, 6) is -0.113.